The average Bonchev–Trinajstić information content (AvgIpc) is 2.53. The van der Waals surface area contributed by atoms with Crippen molar-refractivity contribution in [3.05, 3.63) is 29.6 Å². The number of aromatic nitrogens is 1. The molecule has 1 heterocycles. The highest BCUT2D eigenvalue weighted by atomic mass is 16.1. The molecule has 1 aromatic heterocycles. The van der Waals surface area contributed by atoms with Gasteiger partial charge in [-0.25, -0.2) is 0 Å². The molecule has 0 bridgehead atoms. The van der Waals surface area contributed by atoms with Gasteiger partial charge in [-0.05, 0) is 31.4 Å². The molecule has 68 valence electrons. The van der Waals surface area contributed by atoms with Crippen LogP contribution >= 0.6 is 0 Å². The lowest BCUT2D eigenvalue weighted by Gasteiger charge is -2.06. The van der Waals surface area contributed by atoms with Gasteiger partial charge in [-0.3, -0.25) is 9.78 Å². The molecule has 0 radical (unpaired) electrons. The van der Waals surface area contributed by atoms with E-state index in [1.54, 1.807) is 0 Å². The van der Waals surface area contributed by atoms with E-state index in [0.29, 0.717) is 5.78 Å². The Bertz CT molecular complexity index is 315. The third-order valence-corrected chi connectivity index (χ3v) is 2.60. The molecule has 1 aliphatic carbocycles. The van der Waals surface area contributed by atoms with Crippen LogP contribution in [0.3, 0.4) is 0 Å². The maximum atomic E-state index is 11.4. The SMILES string of the molecule is Cc1ccc(C2CCCC2=O)nc1. The van der Waals surface area contributed by atoms with Gasteiger partial charge in [0.1, 0.15) is 5.78 Å². The topological polar surface area (TPSA) is 30.0 Å². The largest absolute Gasteiger partial charge is 0.299 e. The molecule has 2 heteroatoms. The first-order valence-electron chi connectivity index (χ1n) is 4.72. The fourth-order valence-electron chi connectivity index (χ4n) is 1.81. The quantitative estimate of drug-likeness (QED) is 0.655. The van der Waals surface area contributed by atoms with E-state index >= 15 is 0 Å². The van der Waals surface area contributed by atoms with E-state index in [1.165, 1.54) is 0 Å². The molecule has 0 amide bonds. The zero-order chi connectivity index (χ0) is 9.26. The molecular formula is C11H13NO. The standard InChI is InChI=1S/C11H13NO/c1-8-5-6-10(12-7-8)9-3-2-4-11(9)13/h5-7,9H,2-4H2,1H3. The summed E-state index contributed by atoms with van der Waals surface area (Å²) in [4.78, 5) is 15.7. The second-order valence-electron chi connectivity index (χ2n) is 3.67. The van der Waals surface area contributed by atoms with Crippen molar-refractivity contribution in [1.82, 2.24) is 4.98 Å². The molecule has 13 heavy (non-hydrogen) atoms. The number of pyridine rings is 1. The summed E-state index contributed by atoms with van der Waals surface area (Å²) in [5.41, 5.74) is 2.10. The van der Waals surface area contributed by atoms with Crippen LogP contribution in [0, 0.1) is 6.92 Å². The number of ketones is 1. The van der Waals surface area contributed by atoms with Gasteiger partial charge in [0.25, 0.3) is 0 Å². The summed E-state index contributed by atoms with van der Waals surface area (Å²) in [5.74, 6) is 0.442. The minimum atomic E-state index is 0.0839. The number of Topliss-reactive ketones (excluding diaryl/α,β-unsaturated/α-hetero) is 1. The van der Waals surface area contributed by atoms with Crippen molar-refractivity contribution in [3.63, 3.8) is 0 Å². The van der Waals surface area contributed by atoms with E-state index in [2.05, 4.69) is 4.98 Å². The van der Waals surface area contributed by atoms with E-state index in [1.807, 2.05) is 25.3 Å². The lowest BCUT2D eigenvalue weighted by Crippen LogP contribution is -2.05. The number of nitrogens with zero attached hydrogens (tertiary/aromatic N) is 1. The van der Waals surface area contributed by atoms with Crippen molar-refractivity contribution in [2.75, 3.05) is 0 Å². The van der Waals surface area contributed by atoms with Crippen LogP contribution in [0.2, 0.25) is 0 Å². The second kappa shape index (κ2) is 3.29. The molecule has 0 aromatic carbocycles. The zero-order valence-corrected chi connectivity index (χ0v) is 7.79. The number of carbonyl (C=O) groups excluding carboxylic acids is 1. The Morgan fingerprint density at radius 2 is 2.31 bits per heavy atom. The third kappa shape index (κ3) is 1.62. The van der Waals surface area contributed by atoms with Gasteiger partial charge in [0.05, 0.1) is 11.6 Å². The van der Waals surface area contributed by atoms with Crippen molar-refractivity contribution in [3.8, 4) is 0 Å². The molecule has 1 saturated carbocycles. The van der Waals surface area contributed by atoms with Gasteiger partial charge in [0.15, 0.2) is 0 Å². The van der Waals surface area contributed by atoms with Gasteiger partial charge in [-0.15, -0.1) is 0 Å². The molecule has 0 aliphatic heterocycles. The summed E-state index contributed by atoms with van der Waals surface area (Å²) in [6.45, 7) is 2.01. The Morgan fingerprint density at radius 1 is 1.46 bits per heavy atom. The minimum absolute atomic E-state index is 0.0839. The van der Waals surface area contributed by atoms with E-state index in [-0.39, 0.29) is 5.92 Å². The first-order chi connectivity index (χ1) is 6.27. The maximum absolute atomic E-state index is 11.4. The highest BCUT2D eigenvalue weighted by molar-refractivity contribution is 5.87. The molecule has 0 N–H and O–H groups in total. The van der Waals surface area contributed by atoms with Crippen molar-refractivity contribution >= 4 is 5.78 Å². The average molecular weight is 175 g/mol. The molecule has 2 nitrogen and oxygen atoms in total. The van der Waals surface area contributed by atoms with Gasteiger partial charge in [-0.1, -0.05) is 6.07 Å². The van der Waals surface area contributed by atoms with Crippen molar-refractivity contribution in [1.29, 1.82) is 0 Å². The molecule has 0 spiro atoms. The Morgan fingerprint density at radius 3 is 2.85 bits per heavy atom. The molecule has 2 rings (SSSR count). The van der Waals surface area contributed by atoms with Crippen LogP contribution in [0.5, 0.6) is 0 Å². The molecule has 1 aliphatic rings. The van der Waals surface area contributed by atoms with Gasteiger partial charge in [0, 0.05) is 12.6 Å². The molecule has 1 aromatic rings. The van der Waals surface area contributed by atoms with Crippen LogP contribution in [0.25, 0.3) is 0 Å². The van der Waals surface area contributed by atoms with Gasteiger partial charge >= 0.3 is 0 Å². The van der Waals surface area contributed by atoms with Crippen LogP contribution < -0.4 is 0 Å². The fourth-order valence-corrected chi connectivity index (χ4v) is 1.81. The summed E-state index contributed by atoms with van der Waals surface area (Å²) in [6, 6.07) is 4.00. The smallest absolute Gasteiger partial charge is 0.141 e. The van der Waals surface area contributed by atoms with Crippen molar-refractivity contribution < 1.29 is 4.79 Å². The molecule has 1 unspecified atom stereocenters. The number of carbonyl (C=O) groups is 1. The fraction of sp³-hybridized carbons (Fsp3) is 0.455. The highest BCUT2D eigenvalue weighted by Crippen LogP contribution is 2.29. The number of rotatable bonds is 1. The number of hydrogen-bond acceptors (Lipinski definition) is 2. The van der Waals surface area contributed by atoms with E-state index in [4.69, 9.17) is 0 Å². The summed E-state index contributed by atoms with van der Waals surface area (Å²) in [6.07, 6.45) is 4.58. The summed E-state index contributed by atoms with van der Waals surface area (Å²) in [5, 5.41) is 0. The molecule has 0 saturated heterocycles. The zero-order valence-electron chi connectivity index (χ0n) is 7.79. The Hall–Kier alpha value is -1.18. The molecular weight excluding hydrogens is 162 g/mol. The summed E-state index contributed by atoms with van der Waals surface area (Å²) >= 11 is 0. The monoisotopic (exact) mass is 175 g/mol. The lowest BCUT2D eigenvalue weighted by atomic mass is 10.0. The highest BCUT2D eigenvalue weighted by Gasteiger charge is 2.26. The van der Waals surface area contributed by atoms with Crippen LogP contribution in [-0.2, 0) is 4.79 Å². The minimum Gasteiger partial charge on any atom is -0.299 e. The van der Waals surface area contributed by atoms with Crippen molar-refractivity contribution in [2.45, 2.75) is 32.1 Å². The van der Waals surface area contributed by atoms with E-state index < -0.39 is 0 Å². The third-order valence-electron chi connectivity index (χ3n) is 2.60. The van der Waals surface area contributed by atoms with Crippen LogP contribution in [0.15, 0.2) is 18.3 Å². The van der Waals surface area contributed by atoms with E-state index in [9.17, 15) is 4.79 Å². The number of hydrogen-bond donors (Lipinski definition) is 0. The molecule has 1 fully saturated rings. The Balaban J connectivity index is 2.25. The Labute approximate surface area is 78.0 Å². The van der Waals surface area contributed by atoms with Crippen LogP contribution in [-0.4, -0.2) is 10.8 Å². The number of aryl methyl sites for hydroxylation is 1. The first kappa shape index (κ1) is 8.42. The molecule has 1 atom stereocenters. The normalized spacial score (nSPS) is 22.2. The van der Waals surface area contributed by atoms with Crippen molar-refractivity contribution in [2.24, 2.45) is 0 Å². The summed E-state index contributed by atoms with van der Waals surface area (Å²) in [7, 11) is 0. The van der Waals surface area contributed by atoms with E-state index in [0.717, 1.165) is 30.5 Å². The van der Waals surface area contributed by atoms with Gasteiger partial charge in [0.2, 0.25) is 0 Å². The van der Waals surface area contributed by atoms with Gasteiger partial charge in [-0.2, -0.15) is 0 Å². The predicted octanol–water partition coefficient (Wildman–Crippen LogP) is 2.23. The van der Waals surface area contributed by atoms with Crippen LogP contribution in [0.1, 0.15) is 36.4 Å². The van der Waals surface area contributed by atoms with Gasteiger partial charge < -0.3 is 0 Å². The second-order valence-corrected chi connectivity index (χ2v) is 3.67. The predicted molar refractivity (Wildman–Crippen MR) is 50.6 cm³/mol. The maximum Gasteiger partial charge on any atom is 0.141 e. The summed E-state index contributed by atoms with van der Waals surface area (Å²) < 4.78 is 0. The Kier molecular flexibility index (Phi) is 2.13. The van der Waals surface area contributed by atoms with Crippen LogP contribution in [0.4, 0.5) is 0 Å². The lowest BCUT2D eigenvalue weighted by molar-refractivity contribution is -0.118. The first-order valence-corrected chi connectivity index (χ1v) is 4.72.